The average Bonchev–Trinajstić information content (AvgIpc) is 3.15. The molecule has 0 aromatic rings. The zero-order valence-corrected chi connectivity index (χ0v) is 35.1. The SMILES string of the molecule is CCCC/C=C\C/C=C\CCCCCCCC(=O)OC(COCCCCCCCCCCCC/C=C\C/C=C\CCCCC)COP(=O)(O)OCCN. The maximum atomic E-state index is 12.6. The number of carbonyl (C=O) groups is 1. The Bertz CT molecular complexity index is 952. The highest BCUT2D eigenvalue weighted by molar-refractivity contribution is 7.47. The Morgan fingerprint density at radius 2 is 1.02 bits per heavy atom. The molecule has 0 spiro atoms. The van der Waals surface area contributed by atoms with Crippen molar-refractivity contribution in [2.45, 2.75) is 193 Å². The summed E-state index contributed by atoms with van der Waals surface area (Å²) in [6.45, 7) is 4.83. The maximum Gasteiger partial charge on any atom is 0.472 e. The van der Waals surface area contributed by atoms with E-state index in [9.17, 15) is 14.3 Å². The topological polar surface area (TPSA) is 117 Å². The third kappa shape index (κ3) is 41.5. The first-order valence-corrected chi connectivity index (χ1v) is 23.1. The zero-order valence-electron chi connectivity index (χ0n) is 34.2. The molecule has 0 saturated carbocycles. The fourth-order valence-corrected chi connectivity index (χ4v) is 6.51. The second kappa shape index (κ2) is 41.6. The van der Waals surface area contributed by atoms with E-state index in [1.807, 2.05) is 0 Å². The van der Waals surface area contributed by atoms with Gasteiger partial charge in [-0.1, -0.05) is 159 Å². The first-order chi connectivity index (χ1) is 25.9. The molecule has 0 aliphatic rings. The Labute approximate surface area is 326 Å². The molecule has 0 aromatic heterocycles. The second-order valence-corrected chi connectivity index (χ2v) is 15.7. The third-order valence-electron chi connectivity index (χ3n) is 8.97. The minimum Gasteiger partial charge on any atom is -0.457 e. The predicted molar refractivity (Wildman–Crippen MR) is 224 cm³/mol. The molecular formula is C44H82NO7P. The number of allylic oxidation sites excluding steroid dienone is 8. The normalized spacial score (nSPS) is 14.0. The largest absolute Gasteiger partial charge is 0.472 e. The van der Waals surface area contributed by atoms with Gasteiger partial charge in [-0.15, -0.1) is 0 Å². The summed E-state index contributed by atoms with van der Waals surface area (Å²) in [4.78, 5) is 22.4. The van der Waals surface area contributed by atoms with Crippen molar-refractivity contribution in [3.8, 4) is 0 Å². The van der Waals surface area contributed by atoms with E-state index in [-0.39, 0.29) is 32.3 Å². The number of nitrogens with two attached hydrogens (primary N) is 1. The molecule has 0 aliphatic heterocycles. The molecule has 0 aliphatic carbocycles. The van der Waals surface area contributed by atoms with Gasteiger partial charge in [-0.3, -0.25) is 13.8 Å². The van der Waals surface area contributed by atoms with E-state index in [1.165, 1.54) is 103 Å². The predicted octanol–water partition coefficient (Wildman–Crippen LogP) is 12.8. The first kappa shape index (κ1) is 51.5. The Morgan fingerprint density at radius 1 is 0.566 bits per heavy atom. The number of phosphoric acid groups is 1. The van der Waals surface area contributed by atoms with E-state index in [0.717, 1.165) is 64.2 Å². The Balaban J connectivity index is 4.03. The van der Waals surface area contributed by atoms with E-state index in [2.05, 4.69) is 62.5 Å². The number of phosphoric ester groups is 1. The van der Waals surface area contributed by atoms with Crippen molar-refractivity contribution in [2.24, 2.45) is 5.73 Å². The van der Waals surface area contributed by atoms with Crippen LogP contribution in [0.1, 0.15) is 187 Å². The van der Waals surface area contributed by atoms with Crippen molar-refractivity contribution >= 4 is 13.8 Å². The molecule has 0 bridgehead atoms. The number of hydrogen-bond acceptors (Lipinski definition) is 7. The highest BCUT2D eigenvalue weighted by atomic mass is 31.2. The molecule has 53 heavy (non-hydrogen) atoms. The molecule has 9 heteroatoms. The van der Waals surface area contributed by atoms with Gasteiger partial charge in [0.1, 0.15) is 6.10 Å². The lowest BCUT2D eigenvalue weighted by atomic mass is 10.1. The van der Waals surface area contributed by atoms with Gasteiger partial charge in [0.05, 0.1) is 19.8 Å². The van der Waals surface area contributed by atoms with Gasteiger partial charge in [0.15, 0.2) is 0 Å². The zero-order chi connectivity index (χ0) is 38.8. The van der Waals surface area contributed by atoms with Crippen LogP contribution in [0.3, 0.4) is 0 Å². The lowest BCUT2D eigenvalue weighted by molar-refractivity contribution is -0.154. The van der Waals surface area contributed by atoms with Gasteiger partial charge < -0.3 is 20.1 Å². The summed E-state index contributed by atoms with van der Waals surface area (Å²) < 4.78 is 33.4. The molecule has 0 radical (unpaired) electrons. The van der Waals surface area contributed by atoms with Crippen LogP contribution in [0.4, 0.5) is 0 Å². The minimum atomic E-state index is -4.28. The molecule has 0 heterocycles. The number of carbonyl (C=O) groups excluding carboxylic acids is 1. The monoisotopic (exact) mass is 768 g/mol. The fraction of sp³-hybridized carbons (Fsp3) is 0.795. The molecule has 8 nitrogen and oxygen atoms in total. The van der Waals surface area contributed by atoms with Crippen LogP contribution >= 0.6 is 7.82 Å². The van der Waals surface area contributed by atoms with Crippen molar-refractivity contribution in [2.75, 3.05) is 33.0 Å². The molecule has 0 aromatic carbocycles. The number of ether oxygens (including phenoxy) is 2. The summed E-state index contributed by atoms with van der Waals surface area (Å²) in [5, 5.41) is 0. The lowest BCUT2D eigenvalue weighted by Crippen LogP contribution is -2.28. The third-order valence-corrected chi connectivity index (χ3v) is 9.95. The standard InChI is InChI=1S/C44H82NO7P/c1-3-5-7-9-11-13-15-17-19-20-21-22-23-24-26-28-30-32-34-36-39-49-41-43(42-51-53(47,48)50-40-38-45)52-44(46)37-35-33-31-29-27-25-18-16-14-12-10-8-6-4-2/h10-13,16-19,43H,3-9,14-15,20-42,45H2,1-2H3,(H,47,48)/b12-10-,13-11-,18-16-,19-17-. The van der Waals surface area contributed by atoms with E-state index in [4.69, 9.17) is 24.3 Å². The minimum absolute atomic E-state index is 0.0961. The van der Waals surface area contributed by atoms with Gasteiger partial charge >= 0.3 is 13.8 Å². The summed E-state index contributed by atoms with van der Waals surface area (Å²) in [7, 11) is -4.28. The summed E-state index contributed by atoms with van der Waals surface area (Å²) in [5.74, 6) is -0.346. The van der Waals surface area contributed by atoms with Gasteiger partial charge in [0, 0.05) is 19.6 Å². The smallest absolute Gasteiger partial charge is 0.457 e. The molecule has 2 atom stereocenters. The molecule has 0 rings (SSSR count). The van der Waals surface area contributed by atoms with Crippen LogP contribution in [0.25, 0.3) is 0 Å². The molecular weight excluding hydrogens is 685 g/mol. The van der Waals surface area contributed by atoms with Gasteiger partial charge in [0.25, 0.3) is 0 Å². The van der Waals surface area contributed by atoms with Crippen LogP contribution in [-0.4, -0.2) is 49.9 Å². The van der Waals surface area contributed by atoms with Crippen LogP contribution in [0.5, 0.6) is 0 Å². The fourth-order valence-electron chi connectivity index (χ4n) is 5.75. The number of esters is 1. The van der Waals surface area contributed by atoms with E-state index in [1.54, 1.807) is 0 Å². The van der Waals surface area contributed by atoms with E-state index in [0.29, 0.717) is 13.0 Å². The van der Waals surface area contributed by atoms with E-state index < -0.39 is 13.9 Å². The Kier molecular flexibility index (Phi) is 40.4. The molecule has 2 unspecified atom stereocenters. The van der Waals surface area contributed by atoms with Crippen molar-refractivity contribution in [3.63, 3.8) is 0 Å². The quantitative estimate of drug-likeness (QED) is 0.0273. The average molecular weight is 768 g/mol. The van der Waals surface area contributed by atoms with Crippen LogP contribution in [0.2, 0.25) is 0 Å². The molecule has 310 valence electrons. The Morgan fingerprint density at radius 3 is 1.53 bits per heavy atom. The van der Waals surface area contributed by atoms with Crippen molar-refractivity contribution in [1.29, 1.82) is 0 Å². The number of rotatable bonds is 41. The van der Waals surface area contributed by atoms with Gasteiger partial charge in [0.2, 0.25) is 0 Å². The van der Waals surface area contributed by atoms with Crippen LogP contribution < -0.4 is 5.73 Å². The first-order valence-electron chi connectivity index (χ1n) is 21.6. The van der Waals surface area contributed by atoms with Gasteiger partial charge in [-0.05, 0) is 70.6 Å². The van der Waals surface area contributed by atoms with Gasteiger partial charge in [-0.2, -0.15) is 0 Å². The van der Waals surface area contributed by atoms with Crippen LogP contribution in [0.15, 0.2) is 48.6 Å². The Hall–Kier alpha value is -1.54. The highest BCUT2D eigenvalue weighted by Gasteiger charge is 2.25. The molecule has 0 amide bonds. The second-order valence-electron chi connectivity index (χ2n) is 14.2. The summed E-state index contributed by atoms with van der Waals surface area (Å²) in [6, 6.07) is 0. The summed E-state index contributed by atoms with van der Waals surface area (Å²) in [5.41, 5.74) is 5.37. The highest BCUT2D eigenvalue weighted by Crippen LogP contribution is 2.43. The van der Waals surface area contributed by atoms with Crippen molar-refractivity contribution in [3.05, 3.63) is 48.6 Å². The molecule has 0 saturated heterocycles. The molecule has 3 N–H and O–H groups in total. The van der Waals surface area contributed by atoms with Crippen molar-refractivity contribution in [1.82, 2.24) is 0 Å². The van der Waals surface area contributed by atoms with E-state index >= 15 is 0 Å². The summed E-state index contributed by atoms with van der Waals surface area (Å²) in [6.07, 6.45) is 48.4. The van der Waals surface area contributed by atoms with Crippen LogP contribution in [0, 0.1) is 0 Å². The summed E-state index contributed by atoms with van der Waals surface area (Å²) >= 11 is 0. The molecule has 0 fully saturated rings. The lowest BCUT2D eigenvalue weighted by Gasteiger charge is -2.20. The van der Waals surface area contributed by atoms with Crippen LogP contribution in [-0.2, 0) is 27.9 Å². The number of hydrogen-bond donors (Lipinski definition) is 2. The van der Waals surface area contributed by atoms with Crippen molar-refractivity contribution < 1.29 is 32.8 Å². The number of unbranched alkanes of at least 4 members (excludes halogenated alkanes) is 20. The van der Waals surface area contributed by atoms with Gasteiger partial charge in [-0.25, -0.2) is 4.57 Å². The maximum absolute atomic E-state index is 12.6.